The Morgan fingerprint density at radius 2 is 1.97 bits per heavy atom. The van der Waals surface area contributed by atoms with Crippen molar-refractivity contribution in [2.75, 3.05) is 0 Å². The fourth-order valence-electron chi connectivity index (χ4n) is 5.30. The van der Waals surface area contributed by atoms with Gasteiger partial charge in [-0.3, -0.25) is 14.4 Å². The SMILES string of the molecule is CCC(C)(C)C(=O)OC1C2CC3C1OC(=O)C3(C(=O)OCc1cc(C)cc(CO)c1O)C2. The second-order valence-electron chi connectivity index (χ2n) is 9.92. The van der Waals surface area contributed by atoms with Crippen LogP contribution >= 0.6 is 0 Å². The van der Waals surface area contributed by atoms with Crippen molar-refractivity contribution in [1.29, 1.82) is 0 Å². The molecule has 3 aliphatic rings. The quantitative estimate of drug-likeness (QED) is 0.373. The Balaban J connectivity index is 1.49. The van der Waals surface area contributed by atoms with E-state index in [9.17, 15) is 24.6 Å². The molecule has 4 rings (SSSR count). The molecule has 32 heavy (non-hydrogen) atoms. The summed E-state index contributed by atoms with van der Waals surface area (Å²) in [5.41, 5.74) is -0.523. The third-order valence-corrected chi connectivity index (χ3v) is 7.55. The predicted molar refractivity (Wildman–Crippen MR) is 111 cm³/mol. The molecule has 0 aromatic heterocycles. The van der Waals surface area contributed by atoms with Crippen molar-refractivity contribution in [1.82, 2.24) is 0 Å². The molecule has 1 saturated heterocycles. The van der Waals surface area contributed by atoms with Crippen molar-refractivity contribution in [3.8, 4) is 5.75 Å². The molecule has 1 aromatic rings. The van der Waals surface area contributed by atoms with Crippen LogP contribution in [0.1, 0.15) is 56.7 Å². The largest absolute Gasteiger partial charge is 0.507 e. The van der Waals surface area contributed by atoms with E-state index < -0.39 is 40.9 Å². The molecule has 0 spiro atoms. The van der Waals surface area contributed by atoms with Crippen LogP contribution in [0.5, 0.6) is 5.75 Å². The molecule has 2 N–H and O–H groups in total. The highest BCUT2D eigenvalue weighted by Crippen LogP contribution is 2.63. The van der Waals surface area contributed by atoms with Gasteiger partial charge < -0.3 is 24.4 Å². The number of aliphatic hydroxyl groups is 1. The van der Waals surface area contributed by atoms with Crippen molar-refractivity contribution < 1.29 is 38.8 Å². The molecular formula is C24H30O8. The van der Waals surface area contributed by atoms with Crippen LogP contribution < -0.4 is 0 Å². The number of ether oxygens (including phenoxy) is 3. The van der Waals surface area contributed by atoms with Crippen LogP contribution in [0.2, 0.25) is 0 Å². The number of hydrogen-bond acceptors (Lipinski definition) is 8. The molecule has 174 valence electrons. The first kappa shape index (κ1) is 22.6. The van der Waals surface area contributed by atoms with Crippen molar-refractivity contribution in [3.05, 3.63) is 28.8 Å². The number of aryl methyl sites for hydroxylation is 1. The van der Waals surface area contributed by atoms with Gasteiger partial charge in [-0.15, -0.1) is 0 Å². The van der Waals surface area contributed by atoms with Gasteiger partial charge in [0.05, 0.1) is 12.0 Å². The lowest BCUT2D eigenvalue weighted by atomic mass is 9.73. The minimum atomic E-state index is -1.39. The molecule has 1 aliphatic heterocycles. The van der Waals surface area contributed by atoms with Crippen molar-refractivity contribution in [3.63, 3.8) is 0 Å². The molecule has 2 bridgehead atoms. The predicted octanol–water partition coefficient (Wildman–Crippen LogP) is 2.54. The summed E-state index contributed by atoms with van der Waals surface area (Å²) in [6.07, 6.45) is 0.215. The van der Waals surface area contributed by atoms with Crippen LogP contribution in [0.3, 0.4) is 0 Å². The van der Waals surface area contributed by atoms with E-state index in [0.717, 1.165) is 5.56 Å². The molecule has 0 amide bonds. The van der Waals surface area contributed by atoms with E-state index in [-0.39, 0.29) is 37.3 Å². The lowest BCUT2D eigenvalue weighted by Gasteiger charge is -2.32. The maximum atomic E-state index is 13.1. The minimum Gasteiger partial charge on any atom is -0.507 e. The van der Waals surface area contributed by atoms with E-state index in [0.29, 0.717) is 24.0 Å². The van der Waals surface area contributed by atoms with Crippen molar-refractivity contribution in [2.45, 2.75) is 72.4 Å². The molecule has 2 saturated carbocycles. The van der Waals surface area contributed by atoms with E-state index in [1.54, 1.807) is 19.1 Å². The molecule has 8 heteroatoms. The van der Waals surface area contributed by atoms with Crippen LogP contribution in [0, 0.1) is 29.6 Å². The monoisotopic (exact) mass is 446 g/mol. The number of phenols is 1. The van der Waals surface area contributed by atoms with Crippen molar-refractivity contribution in [2.24, 2.45) is 22.7 Å². The Kier molecular flexibility index (Phi) is 5.48. The van der Waals surface area contributed by atoms with Gasteiger partial charge >= 0.3 is 17.9 Å². The lowest BCUT2D eigenvalue weighted by Crippen LogP contribution is -2.46. The molecule has 5 atom stereocenters. The normalized spacial score (nSPS) is 30.3. The fraction of sp³-hybridized carbons (Fsp3) is 0.625. The van der Waals surface area contributed by atoms with Crippen LogP contribution in [0.25, 0.3) is 0 Å². The highest BCUT2D eigenvalue weighted by atomic mass is 16.6. The molecule has 1 heterocycles. The number of aromatic hydroxyl groups is 1. The minimum absolute atomic E-state index is 0.131. The average Bonchev–Trinajstić information content (AvgIpc) is 3.36. The van der Waals surface area contributed by atoms with E-state index in [1.165, 1.54) is 0 Å². The number of fused-ring (bicyclic) bond motifs is 1. The third-order valence-electron chi connectivity index (χ3n) is 7.55. The molecule has 8 nitrogen and oxygen atoms in total. The topological polar surface area (TPSA) is 119 Å². The Labute approximate surface area is 186 Å². The summed E-state index contributed by atoms with van der Waals surface area (Å²) in [5, 5.41) is 19.7. The first-order valence-electron chi connectivity index (χ1n) is 11.1. The van der Waals surface area contributed by atoms with Gasteiger partial charge in [-0.25, -0.2) is 0 Å². The van der Waals surface area contributed by atoms with Gasteiger partial charge in [-0.05, 0) is 46.1 Å². The molecule has 3 fully saturated rings. The molecule has 2 aliphatic carbocycles. The summed E-state index contributed by atoms with van der Waals surface area (Å²) in [7, 11) is 0. The summed E-state index contributed by atoms with van der Waals surface area (Å²) >= 11 is 0. The number of rotatable bonds is 7. The zero-order chi connectivity index (χ0) is 23.4. The zero-order valence-electron chi connectivity index (χ0n) is 18.8. The summed E-state index contributed by atoms with van der Waals surface area (Å²) in [4.78, 5) is 38.5. The van der Waals surface area contributed by atoms with Crippen LogP contribution in [-0.4, -0.2) is 40.3 Å². The Bertz CT molecular complexity index is 967. The van der Waals surface area contributed by atoms with Gasteiger partial charge in [0.1, 0.15) is 24.6 Å². The van der Waals surface area contributed by atoms with E-state index in [1.807, 2.05) is 20.8 Å². The number of aliphatic hydroxyl groups excluding tert-OH is 1. The van der Waals surface area contributed by atoms with Crippen LogP contribution in [0.15, 0.2) is 12.1 Å². The summed E-state index contributed by atoms with van der Waals surface area (Å²) in [6.45, 7) is 6.78. The number of hydrogen-bond donors (Lipinski definition) is 2. The Morgan fingerprint density at radius 3 is 2.62 bits per heavy atom. The van der Waals surface area contributed by atoms with Crippen molar-refractivity contribution >= 4 is 17.9 Å². The summed E-state index contributed by atoms with van der Waals surface area (Å²) in [6, 6.07) is 3.32. The van der Waals surface area contributed by atoms with Gasteiger partial charge in [-0.1, -0.05) is 18.6 Å². The summed E-state index contributed by atoms with van der Waals surface area (Å²) < 4.78 is 16.8. The third kappa shape index (κ3) is 3.27. The maximum absolute atomic E-state index is 13.1. The summed E-state index contributed by atoms with van der Waals surface area (Å²) in [5.74, 6) is -2.31. The van der Waals surface area contributed by atoms with Crippen LogP contribution in [-0.2, 0) is 41.8 Å². The number of carbonyl (C=O) groups excluding carboxylic acids is 3. The first-order valence-corrected chi connectivity index (χ1v) is 11.1. The standard InChI is InChI=1S/C24H30O8/c1-5-23(3,4)20(27)31-18-13-8-16-19(18)32-22(29)24(16,9-13)21(28)30-11-15-7-12(2)6-14(10-25)17(15)26/h6-7,13,16,18-19,25-26H,5,8-11H2,1-4H3. The second kappa shape index (κ2) is 7.76. The zero-order valence-corrected chi connectivity index (χ0v) is 18.8. The smallest absolute Gasteiger partial charge is 0.324 e. The highest BCUT2D eigenvalue weighted by Gasteiger charge is 2.75. The Morgan fingerprint density at radius 1 is 1.28 bits per heavy atom. The van der Waals surface area contributed by atoms with E-state index in [4.69, 9.17) is 14.2 Å². The first-order chi connectivity index (χ1) is 15.0. The fourth-order valence-corrected chi connectivity index (χ4v) is 5.30. The molecule has 0 radical (unpaired) electrons. The van der Waals surface area contributed by atoms with Gasteiger partial charge in [0, 0.05) is 23.0 Å². The molecular weight excluding hydrogens is 416 g/mol. The maximum Gasteiger partial charge on any atom is 0.324 e. The van der Waals surface area contributed by atoms with E-state index >= 15 is 0 Å². The molecule has 1 aromatic carbocycles. The van der Waals surface area contributed by atoms with Gasteiger partial charge in [0.15, 0.2) is 5.41 Å². The lowest BCUT2D eigenvalue weighted by molar-refractivity contribution is -0.170. The van der Waals surface area contributed by atoms with E-state index in [2.05, 4.69) is 0 Å². The second-order valence-corrected chi connectivity index (χ2v) is 9.92. The van der Waals surface area contributed by atoms with Gasteiger partial charge in [0.2, 0.25) is 0 Å². The van der Waals surface area contributed by atoms with Gasteiger partial charge in [-0.2, -0.15) is 0 Å². The highest BCUT2D eigenvalue weighted by molar-refractivity contribution is 6.03. The number of carbonyl (C=O) groups is 3. The molecule has 5 unspecified atom stereocenters. The average molecular weight is 446 g/mol. The Hall–Kier alpha value is -2.61. The number of esters is 3. The van der Waals surface area contributed by atoms with Crippen LogP contribution in [0.4, 0.5) is 0 Å². The van der Waals surface area contributed by atoms with Gasteiger partial charge in [0.25, 0.3) is 0 Å². The number of benzene rings is 1.